The Morgan fingerprint density at radius 3 is 0.982 bits per heavy atom. The topological polar surface area (TPSA) is 6.48 Å². The highest BCUT2D eigenvalue weighted by molar-refractivity contribution is 5.89. The van der Waals surface area contributed by atoms with Crippen LogP contribution in [-0.2, 0) is 5.41 Å². The van der Waals surface area contributed by atoms with Crippen LogP contribution in [0.2, 0.25) is 0 Å². The van der Waals surface area contributed by atoms with Crippen molar-refractivity contribution in [2.75, 3.05) is 9.80 Å². The zero-order chi connectivity index (χ0) is 36.6. The number of nitrogens with zero attached hydrogens (tertiary/aromatic N) is 2. The molecule has 2 nitrogen and oxygen atoms in total. The molecule has 55 heavy (non-hydrogen) atoms. The molecule has 1 spiro atoms. The van der Waals surface area contributed by atoms with Crippen molar-refractivity contribution in [1.29, 1.82) is 0 Å². The molecule has 1 saturated carbocycles. The molecule has 8 aromatic rings. The Kier molecular flexibility index (Phi) is 8.37. The summed E-state index contributed by atoms with van der Waals surface area (Å²) in [5.41, 5.74) is 17.6. The summed E-state index contributed by atoms with van der Waals surface area (Å²) >= 11 is 0. The van der Waals surface area contributed by atoms with E-state index < -0.39 is 0 Å². The minimum absolute atomic E-state index is 0.0181. The molecule has 0 atom stereocenters. The molecule has 8 aromatic carbocycles. The molecule has 0 aliphatic heterocycles. The molecule has 0 saturated heterocycles. The van der Waals surface area contributed by atoms with Crippen molar-refractivity contribution in [2.24, 2.45) is 0 Å². The molecule has 1 fully saturated rings. The first kappa shape index (κ1) is 33.0. The minimum Gasteiger partial charge on any atom is -0.310 e. The fraction of sp³-hybridized carbons (Fsp3) is 0.0943. The number of hydrogen-bond donors (Lipinski definition) is 0. The van der Waals surface area contributed by atoms with E-state index in [0.29, 0.717) is 0 Å². The van der Waals surface area contributed by atoms with E-state index in [4.69, 9.17) is 0 Å². The van der Waals surface area contributed by atoms with Gasteiger partial charge in [-0.1, -0.05) is 146 Å². The molecule has 264 valence electrons. The number of anilines is 6. The lowest BCUT2D eigenvalue weighted by Gasteiger charge is -2.31. The summed E-state index contributed by atoms with van der Waals surface area (Å²) in [5, 5.41) is 0. The summed E-state index contributed by atoms with van der Waals surface area (Å²) < 4.78 is 0. The van der Waals surface area contributed by atoms with Crippen molar-refractivity contribution in [2.45, 2.75) is 31.1 Å². The predicted molar refractivity (Wildman–Crippen MR) is 231 cm³/mol. The Balaban J connectivity index is 1.06. The molecule has 0 N–H and O–H groups in total. The average Bonchev–Trinajstić information content (AvgIpc) is 3.86. The summed E-state index contributed by atoms with van der Waals surface area (Å²) in [7, 11) is 0. The fourth-order valence-corrected chi connectivity index (χ4v) is 9.18. The normalized spacial score (nSPS) is 13.7. The van der Waals surface area contributed by atoms with Crippen LogP contribution in [0, 0.1) is 0 Å². The second-order valence-corrected chi connectivity index (χ2v) is 14.9. The van der Waals surface area contributed by atoms with Gasteiger partial charge in [0, 0.05) is 39.5 Å². The summed E-state index contributed by atoms with van der Waals surface area (Å²) in [6, 6.07) is 75.4. The lowest BCUT2D eigenvalue weighted by atomic mass is 9.76. The fourth-order valence-electron chi connectivity index (χ4n) is 9.18. The van der Waals surface area contributed by atoms with Gasteiger partial charge in [0.1, 0.15) is 0 Å². The third kappa shape index (κ3) is 5.91. The van der Waals surface area contributed by atoms with Crippen molar-refractivity contribution in [3.8, 4) is 33.4 Å². The Bertz CT molecular complexity index is 2380. The number of fused-ring (bicyclic) bond motifs is 5. The van der Waals surface area contributed by atoms with E-state index in [2.05, 4.69) is 216 Å². The molecule has 2 aliphatic rings. The molecule has 0 radical (unpaired) electrons. The standard InChI is InChI=1S/C53H42N2/c1-5-15-39(16-6-1)41-23-27-45(28-24-41)54(43-19-9-3-10-20-43)47-31-33-49-50-34-32-48(38-52(50)53(51(49)37-47)35-13-14-36-53)55(44-21-11-4-12-22-44)46-29-25-42(26-30-46)40-17-7-2-8-18-40/h1-12,15-34,37-38H,13-14,35-36H2. The summed E-state index contributed by atoms with van der Waals surface area (Å²) in [4.78, 5) is 4.84. The maximum atomic E-state index is 2.51. The molecular weight excluding hydrogens is 665 g/mol. The van der Waals surface area contributed by atoms with Crippen LogP contribution in [0.25, 0.3) is 33.4 Å². The second kappa shape index (κ2) is 14.0. The average molecular weight is 707 g/mol. The van der Waals surface area contributed by atoms with Gasteiger partial charge in [-0.3, -0.25) is 0 Å². The smallest absolute Gasteiger partial charge is 0.0465 e. The van der Waals surface area contributed by atoms with E-state index in [1.54, 1.807) is 0 Å². The first-order chi connectivity index (χ1) is 27.2. The molecule has 0 amide bonds. The molecule has 0 heterocycles. The highest BCUT2D eigenvalue weighted by atomic mass is 15.1. The van der Waals surface area contributed by atoms with E-state index in [0.717, 1.165) is 35.6 Å². The molecule has 0 aromatic heterocycles. The van der Waals surface area contributed by atoms with Gasteiger partial charge in [-0.05, 0) is 130 Å². The Morgan fingerprint density at radius 2 is 0.600 bits per heavy atom. The first-order valence-electron chi connectivity index (χ1n) is 19.6. The van der Waals surface area contributed by atoms with E-state index in [-0.39, 0.29) is 5.41 Å². The number of hydrogen-bond acceptors (Lipinski definition) is 2. The highest BCUT2D eigenvalue weighted by Gasteiger charge is 2.45. The summed E-state index contributed by atoms with van der Waals surface area (Å²) in [6.07, 6.45) is 4.79. The number of para-hydroxylation sites is 2. The molecule has 0 bridgehead atoms. The van der Waals surface area contributed by atoms with Crippen LogP contribution in [-0.4, -0.2) is 0 Å². The van der Waals surface area contributed by atoms with Crippen LogP contribution in [0.15, 0.2) is 206 Å². The molecule has 10 rings (SSSR count). The van der Waals surface area contributed by atoms with E-state index in [1.807, 2.05) is 0 Å². The molecule has 2 heteroatoms. The zero-order valence-corrected chi connectivity index (χ0v) is 30.9. The largest absolute Gasteiger partial charge is 0.310 e. The third-order valence-electron chi connectivity index (χ3n) is 11.8. The Labute approximate surface area is 324 Å². The quantitative estimate of drug-likeness (QED) is 0.155. The van der Waals surface area contributed by atoms with E-state index in [9.17, 15) is 0 Å². The lowest BCUT2D eigenvalue weighted by Crippen LogP contribution is -2.21. The van der Waals surface area contributed by atoms with E-state index >= 15 is 0 Å². The van der Waals surface area contributed by atoms with Gasteiger partial charge in [0.2, 0.25) is 0 Å². The van der Waals surface area contributed by atoms with Crippen molar-refractivity contribution < 1.29 is 0 Å². The lowest BCUT2D eigenvalue weighted by molar-refractivity contribution is 0.550. The Hall–Kier alpha value is -6.64. The molecular formula is C53H42N2. The maximum absolute atomic E-state index is 2.51. The Morgan fingerprint density at radius 1 is 0.291 bits per heavy atom. The van der Waals surface area contributed by atoms with Crippen LogP contribution in [0.4, 0.5) is 34.1 Å². The van der Waals surface area contributed by atoms with Gasteiger partial charge in [-0.25, -0.2) is 0 Å². The van der Waals surface area contributed by atoms with Crippen LogP contribution in [0.5, 0.6) is 0 Å². The van der Waals surface area contributed by atoms with Gasteiger partial charge < -0.3 is 9.80 Å². The van der Waals surface area contributed by atoms with Crippen LogP contribution < -0.4 is 9.80 Å². The van der Waals surface area contributed by atoms with Gasteiger partial charge in [0.05, 0.1) is 0 Å². The van der Waals surface area contributed by atoms with Crippen molar-refractivity contribution in [1.82, 2.24) is 0 Å². The van der Waals surface area contributed by atoms with Crippen LogP contribution in [0.3, 0.4) is 0 Å². The molecule has 0 unspecified atom stereocenters. The van der Waals surface area contributed by atoms with Gasteiger partial charge in [-0.2, -0.15) is 0 Å². The predicted octanol–water partition coefficient (Wildman–Crippen LogP) is 14.8. The monoisotopic (exact) mass is 706 g/mol. The van der Waals surface area contributed by atoms with Gasteiger partial charge in [-0.15, -0.1) is 0 Å². The van der Waals surface area contributed by atoms with Crippen molar-refractivity contribution in [3.63, 3.8) is 0 Å². The minimum atomic E-state index is -0.0181. The zero-order valence-electron chi connectivity index (χ0n) is 30.9. The molecule has 2 aliphatic carbocycles. The van der Waals surface area contributed by atoms with E-state index in [1.165, 1.54) is 68.7 Å². The SMILES string of the molecule is c1ccc(-c2ccc(N(c3ccccc3)c3ccc4c(c3)C3(CCCC3)c3cc(N(c5ccccc5)c5ccc(-c6ccccc6)cc5)ccc3-4)cc2)cc1. The van der Waals surface area contributed by atoms with Crippen LogP contribution >= 0.6 is 0 Å². The highest BCUT2D eigenvalue weighted by Crippen LogP contribution is 2.59. The summed E-state index contributed by atoms with van der Waals surface area (Å²) in [6.45, 7) is 0. The number of rotatable bonds is 8. The van der Waals surface area contributed by atoms with Crippen molar-refractivity contribution >= 4 is 34.1 Å². The van der Waals surface area contributed by atoms with Crippen LogP contribution in [0.1, 0.15) is 36.8 Å². The third-order valence-corrected chi connectivity index (χ3v) is 11.8. The first-order valence-corrected chi connectivity index (χ1v) is 19.6. The van der Waals surface area contributed by atoms with Gasteiger partial charge >= 0.3 is 0 Å². The maximum Gasteiger partial charge on any atom is 0.0465 e. The number of benzene rings is 8. The van der Waals surface area contributed by atoms with Gasteiger partial charge in [0.25, 0.3) is 0 Å². The van der Waals surface area contributed by atoms with Crippen molar-refractivity contribution in [3.05, 3.63) is 217 Å². The summed E-state index contributed by atoms with van der Waals surface area (Å²) in [5.74, 6) is 0. The van der Waals surface area contributed by atoms with Gasteiger partial charge in [0.15, 0.2) is 0 Å². The second-order valence-electron chi connectivity index (χ2n) is 14.9.